The average Bonchev–Trinajstić information content (AvgIpc) is 3.24. The van der Waals surface area contributed by atoms with Crippen molar-refractivity contribution in [2.24, 2.45) is 0 Å². The first-order valence-corrected chi connectivity index (χ1v) is 11.5. The molecular formula is C25H27FN4O5. The van der Waals surface area contributed by atoms with Gasteiger partial charge in [0.1, 0.15) is 5.75 Å². The van der Waals surface area contributed by atoms with E-state index in [0.717, 1.165) is 11.3 Å². The number of anilines is 2. The van der Waals surface area contributed by atoms with Crippen molar-refractivity contribution in [2.75, 3.05) is 45.4 Å². The molecule has 0 spiro atoms. The van der Waals surface area contributed by atoms with Crippen molar-refractivity contribution in [3.8, 4) is 22.8 Å². The molecule has 1 aromatic carbocycles. The summed E-state index contributed by atoms with van der Waals surface area (Å²) in [6, 6.07) is 6.41. The van der Waals surface area contributed by atoms with Gasteiger partial charge < -0.3 is 34.6 Å². The van der Waals surface area contributed by atoms with Crippen LogP contribution in [0.2, 0.25) is 0 Å². The Balaban J connectivity index is 1.50. The molecule has 1 atom stereocenters. The number of nitrogens with one attached hydrogen (secondary N) is 3. The number of aromatic nitrogens is 2. The molecular weight excluding hydrogens is 455 g/mol. The summed E-state index contributed by atoms with van der Waals surface area (Å²) in [6.07, 6.45) is 4.59. The van der Waals surface area contributed by atoms with E-state index in [1.807, 2.05) is 6.07 Å². The van der Waals surface area contributed by atoms with Crippen LogP contribution in [0.4, 0.5) is 15.8 Å². The molecule has 2 aromatic heterocycles. The van der Waals surface area contributed by atoms with Crippen molar-refractivity contribution < 1.29 is 28.1 Å². The van der Waals surface area contributed by atoms with Gasteiger partial charge in [-0.1, -0.05) is 6.07 Å². The largest absolute Gasteiger partial charge is 0.492 e. The number of pyridine rings is 1. The molecule has 9 nitrogen and oxygen atoms in total. The van der Waals surface area contributed by atoms with E-state index in [-0.39, 0.29) is 17.8 Å². The molecule has 4 heterocycles. The van der Waals surface area contributed by atoms with Gasteiger partial charge in [-0.2, -0.15) is 0 Å². The maximum atomic E-state index is 14.4. The van der Waals surface area contributed by atoms with Crippen LogP contribution in [-0.4, -0.2) is 62.1 Å². The Morgan fingerprint density at radius 2 is 2.20 bits per heavy atom. The molecule has 0 bridgehead atoms. The molecule has 0 unspecified atom stereocenters. The summed E-state index contributed by atoms with van der Waals surface area (Å²) in [6.45, 7) is 2.68. The van der Waals surface area contributed by atoms with E-state index < -0.39 is 5.82 Å². The third-order valence-electron chi connectivity index (χ3n) is 6.03. The molecule has 10 heteroatoms. The van der Waals surface area contributed by atoms with Gasteiger partial charge in [0, 0.05) is 36.8 Å². The molecule has 1 saturated heterocycles. The Bertz CT molecular complexity index is 1210. The number of H-pyrrole nitrogens is 1. The highest BCUT2D eigenvalue weighted by Crippen LogP contribution is 2.42. The minimum Gasteiger partial charge on any atom is -0.492 e. The van der Waals surface area contributed by atoms with Crippen LogP contribution in [0.5, 0.6) is 11.5 Å². The van der Waals surface area contributed by atoms with E-state index in [9.17, 15) is 9.18 Å². The predicted octanol–water partition coefficient (Wildman–Crippen LogP) is 3.44. The third kappa shape index (κ3) is 4.80. The molecule has 35 heavy (non-hydrogen) atoms. The number of aromatic amines is 1. The summed E-state index contributed by atoms with van der Waals surface area (Å²) in [5.41, 5.74) is 3.56. The number of rotatable bonds is 8. The summed E-state index contributed by atoms with van der Waals surface area (Å²) in [5, 5.41) is 6.12. The monoisotopic (exact) mass is 482 g/mol. The fraction of sp³-hybridized carbons (Fsp3) is 0.360. The second kappa shape index (κ2) is 10.3. The molecule has 2 aliphatic rings. The van der Waals surface area contributed by atoms with Gasteiger partial charge in [-0.3, -0.25) is 9.78 Å². The molecule has 1 amide bonds. The van der Waals surface area contributed by atoms with Gasteiger partial charge in [-0.05, 0) is 18.2 Å². The molecule has 184 valence electrons. The highest BCUT2D eigenvalue weighted by atomic mass is 19.1. The Morgan fingerprint density at radius 1 is 1.29 bits per heavy atom. The van der Waals surface area contributed by atoms with Crippen LogP contribution in [0, 0.1) is 5.82 Å². The molecule has 3 N–H and O–H groups in total. The molecule has 0 aliphatic carbocycles. The van der Waals surface area contributed by atoms with Crippen molar-refractivity contribution in [1.29, 1.82) is 0 Å². The van der Waals surface area contributed by atoms with E-state index in [2.05, 4.69) is 20.6 Å². The summed E-state index contributed by atoms with van der Waals surface area (Å²) in [4.78, 5) is 20.5. The first-order chi connectivity index (χ1) is 17.2. The second-order valence-electron chi connectivity index (χ2n) is 8.26. The SMILES string of the molecule is COc1c(F)cccc1Nc1c(-c2ccncc2OCC[C@H]2COCCO2)[nH]c2c1C(=O)NCC2. The standard InChI is InChI=1S/C25H27FN4O5/c1-32-24-17(26)3-2-4-19(24)30-23-21-18(6-9-28-25(21)31)29-22(23)16-5-8-27-13-20(16)35-10-7-15-14-33-11-12-34-15/h2-5,8,13,15,29-30H,6-7,9-12,14H2,1H3,(H,28,31)/t15-/m0/s1. The van der Waals surface area contributed by atoms with Gasteiger partial charge in [0.05, 0.1) is 68.5 Å². The quantitative estimate of drug-likeness (QED) is 0.452. The fourth-order valence-electron chi connectivity index (χ4n) is 4.36. The smallest absolute Gasteiger partial charge is 0.255 e. The Kier molecular flexibility index (Phi) is 6.82. The minimum absolute atomic E-state index is 0.0111. The van der Waals surface area contributed by atoms with Crippen LogP contribution >= 0.6 is 0 Å². The summed E-state index contributed by atoms with van der Waals surface area (Å²) >= 11 is 0. The van der Waals surface area contributed by atoms with Crippen LogP contribution < -0.4 is 20.1 Å². The van der Waals surface area contributed by atoms with E-state index in [1.54, 1.807) is 24.5 Å². The zero-order chi connectivity index (χ0) is 24.2. The zero-order valence-corrected chi connectivity index (χ0v) is 19.4. The Hall–Kier alpha value is -3.63. The second-order valence-corrected chi connectivity index (χ2v) is 8.26. The average molecular weight is 483 g/mol. The Morgan fingerprint density at radius 3 is 3.03 bits per heavy atom. The third-order valence-corrected chi connectivity index (χ3v) is 6.03. The van der Waals surface area contributed by atoms with E-state index >= 15 is 0 Å². The van der Waals surface area contributed by atoms with Gasteiger partial charge in [-0.15, -0.1) is 0 Å². The van der Waals surface area contributed by atoms with Crippen LogP contribution in [0.15, 0.2) is 36.7 Å². The van der Waals surface area contributed by atoms with Gasteiger partial charge in [-0.25, -0.2) is 4.39 Å². The van der Waals surface area contributed by atoms with Crippen LogP contribution in [0.1, 0.15) is 22.5 Å². The first-order valence-electron chi connectivity index (χ1n) is 11.5. The fourth-order valence-corrected chi connectivity index (χ4v) is 4.36. The number of amides is 1. The zero-order valence-electron chi connectivity index (χ0n) is 19.4. The lowest BCUT2D eigenvalue weighted by atomic mass is 10.0. The number of nitrogens with zero attached hydrogens (tertiary/aromatic N) is 1. The summed E-state index contributed by atoms with van der Waals surface area (Å²) in [5.74, 6) is -0.102. The van der Waals surface area contributed by atoms with Crippen LogP contribution in [0.3, 0.4) is 0 Å². The number of para-hydroxylation sites is 1. The number of methoxy groups -OCH3 is 1. The molecule has 5 rings (SSSR count). The maximum Gasteiger partial charge on any atom is 0.255 e. The van der Waals surface area contributed by atoms with Gasteiger partial charge >= 0.3 is 0 Å². The number of halogens is 1. The van der Waals surface area contributed by atoms with Crippen LogP contribution in [-0.2, 0) is 15.9 Å². The van der Waals surface area contributed by atoms with Gasteiger partial charge in [0.15, 0.2) is 11.6 Å². The minimum atomic E-state index is -0.505. The first kappa shape index (κ1) is 23.1. The predicted molar refractivity (Wildman–Crippen MR) is 127 cm³/mol. The normalized spacial score (nSPS) is 17.4. The lowest BCUT2D eigenvalue weighted by Gasteiger charge is -2.23. The molecule has 0 saturated carbocycles. The van der Waals surface area contributed by atoms with E-state index in [0.29, 0.717) is 74.2 Å². The van der Waals surface area contributed by atoms with Crippen molar-refractivity contribution in [2.45, 2.75) is 18.9 Å². The van der Waals surface area contributed by atoms with Crippen molar-refractivity contribution >= 4 is 17.3 Å². The lowest BCUT2D eigenvalue weighted by Crippen LogP contribution is -2.31. The Labute approximate surface area is 201 Å². The lowest BCUT2D eigenvalue weighted by molar-refractivity contribution is -0.0935. The highest BCUT2D eigenvalue weighted by Gasteiger charge is 2.29. The number of ether oxygens (including phenoxy) is 4. The number of benzene rings is 1. The number of fused-ring (bicyclic) bond motifs is 1. The topological polar surface area (TPSA) is 107 Å². The molecule has 1 fully saturated rings. The molecule has 2 aliphatic heterocycles. The van der Waals surface area contributed by atoms with Gasteiger partial charge in [0.2, 0.25) is 0 Å². The van der Waals surface area contributed by atoms with Crippen molar-refractivity contribution in [3.63, 3.8) is 0 Å². The molecule has 3 aromatic rings. The van der Waals surface area contributed by atoms with Crippen LogP contribution in [0.25, 0.3) is 11.3 Å². The van der Waals surface area contributed by atoms with Crippen molar-refractivity contribution in [3.05, 3.63) is 53.7 Å². The van der Waals surface area contributed by atoms with E-state index in [1.165, 1.54) is 13.2 Å². The van der Waals surface area contributed by atoms with Crippen molar-refractivity contribution in [1.82, 2.24) is 15.3 Å². The summed E-state index contributed by atoms with van der Waals surface area (Å²) in [7, 11) is 1.40. The number of carbonyl (C=O) groups excluding carboxylic acids is 1. The van der Waals surface area contributed by atoms with E-state index in [4.69, 9.17) is 18.9 Å². The molecule has 0 radical (unpaired) electrons. The number of carbonyl (C=O) groups is 1. The number of hydrogen-bond acceptors (Lipinski definition) is 7. The maximum absolute atomic E-state index is 14.4. The summed E-state index contributed by atoms with van der Waals surface area (Å²) < 4.78 is 36.9. The van der Waals surface area contributed by atoms with Gasteiger partial charge in [0.25, 0.3) is 5.91 Å². The highest BCUT2D eigenvalue weighted by molar-refractivity contribution is 6.06. The number of hydrogen-bond donors (Lipinski definition) is 3.